The molecule has 8 nitrogen and oxygen atoms in total. The highest BCUT2D eigenvalue weighted by Crippen LogP contribution is 2.26. The predicted molar refractivity (Wildman–Crippen MR) is 159 cm³/mol. The molecular weight excluding hydrogens is 506 g/mol. The number of aromatic nitrogens is 1. The van der Waals surface area contributed by atoms with Crippen LogP contribution in [0.2, 0.25) is 0 Å². The molecule has 1 amide bonds. The van der Waals surface area contributed by atoms with E-state index in [1.807, 2.05) is 94.9 Å². The third-order valence-corrected chi connectivity index (χ3v) is 6.65. The lowest BCUT2D eigenvalue weighted by Crippen LogP contribution is -2.49. The number of benzene rings is 2. The Morgan fingerprint density at radius 1 is 1.02 bits per heavy atom. The summed E-state index contributed by atoms with van der Waals surface area (Å²) in [5.74, 6) is 0.750. The van der Waals surface area contributed by atoms with E-state index in [0.29, 0.717) is 31.7 Å². The average molecular weight is 552 g/mol. The van der Waals surface area contributed by atoms with Crippen molar-refractivity contribution in [2.24, 2.45) is 7.05 Å². The van der Waals surface area contributed by atoms with Crippen LogP contribution < -0.4 is 10.1 Å². The van der Waals surface area contributed by atoms with Crippen molar-refractivity contribution in [3.05, 3.63) is 65.4 Å². The first-order valence-corrected chi connectivity index (χ1v) is 14.0. The standard InChI is InChI=1S/C32H45N3O5/c1-9-38-29(39-10-2)21-35(19-24-12-11-13-26-27(22(3)36)20-34(8)30(24)26)31(37)28(33-7)18-23-14-16-25(17-15-23)40-32(4,5)6/h11-17,20,28-29,33H,9-10,18-19,21H2,1-8H3. The van der Waals surface area contributed by atoms with Gasteiger partial charge in [-0.1, -0.05) is 30.3 Å². The largest absolute Gasteiger partial charge is 0.488 e. The van der Waals surface area contributed by atoms with E-state index in [-0.39, 0.29) is 23.8 Å². The summed E-state index contributed by atoms with van der Waals surface area (Å²) in [4.78, 5) is 28.1. The Labute approximate surface area is 238 Å². The molecule has 0 aliphatic rings. The van der Waals surface area contributed by atoms with Gasteiger partial charge in [0.05, 0.1) is 18.1 Å². The summed E-state index contributed by atoms with van der Waals surface area (Å²) in [6.07, 6.45) is 1.82. The van der Waals surface area contributed by atoms with Gasteiger partial charge >= 0.3 is 0 Å². The summed E-state index contributed by atoms with van der Waals surface area (Å²) < 4.78 is 19.6. The van der Waals surface area contributed by atoms with Gasteiger partial charge in [-0.2, -0.15) is 0 Å². The fourth-order valence-corrected chi connectivity index (χ4v) is 4.92. The number of hydrogen-bond acceptors (Lipinski definition) is 6. The first-order chi connectivity index (χ1) is 19.0. The second-order valence-corrected chi connectivity index (χ2v) is 11.0. The molecule has 2 aromatic carbocycles. The summed E-state index contributed by atoms with van der Waals surface area (Å²) in [5.41, 5.74) is 3.30. The molecule has 218 valence electrons. The normalized spacial score (nSPS) is 12.6. The number of para-hydroxylation sites is 1. The van der Waals surface area contributed by atoms with Crippen molar-refractivity contribution in [1.29, 1.82) is 0 Å². The Morgan fingerprint density at radius 2 is 1.68 bits per heavy atom. The van der Waals surface area contributed by atoms with Crippen LogP contribution in [-0.2, 0) is 34.3 Å². The number of rotatable bonds is 14. The van der Waals surface area contributed by atoms with E-state index in [1.54, 1.807) is 18.9 Å². The lowest BCUT2D eigenvalue weighted by molar-refractivity contribution is -0.160. The van der Waals surface area contributed by atoms with E-state index in [2.05, 4.69) is 5.32 Å². The van der Waals surface area contributed by atoms with Gasteiger partial charge in [0, 0.05) is 44.0 Å². The van der Waals surface area contributed by atoms with Crippen LogP contribution in [-0.4, -0.2) is 65.9 Å². The Bertz CT molecular complexity index is 1270. The summed E-state index contributed by atoms with van der Waals surface area (Å²) >= 11 is 0. The summed E-state index contributed by atoms with van der Waals surface area (Å²) in [6, 6.07) is 13.3. The number of carbonyl (C=O) groups is 2. The quantitative estimate of drug-likeness (QED) is 0.221. The van der Waals surface area contributed by atoms with Crippen molar-refractivity contribution in [2.45, 2.75) is 72.4 Å². The second-order valence-electron chi connectivity index (χ2n) is 11.0. The lowest BCUT2D eigenvalue weighted by Gasteiger charge is -2.31. The van der Waals surface area contributed by atoms with Gasteiger partial charge in [-0.05, 0) is 78.3 Å². The van der Waals surface area contributed by atoms with Crippen molar-refractivity contribution in [3.8, 4) is 5.75 Å². The maximum absolute atomic E-state index is 14.1. The van der Waals surface area contributed by atoms with Gasteiger partial charge in [-0.3, -0.25) is 9.59 Å². The second kappa shape index (κ2) is 13.9. The van der Waals surface area contributed by atoms with Crippen molar-refractivity contribution in [1.82, 2.24) is 14.8 Å². The Hall–Kier alpha value is -3.20. The molecule has 0 bridgehead atoms. The first kappa shape index (κ1) is 31.3. The summed E-state index contributed by atoms with van der Waals surface area (Å²) in [5, 5.41) is 4.10. The highest BCUT2D eigenvalue weighted by atomic mass is 16.7. The summed E-state index contributed by atoms with van der Waals surface area (Å²) in [6.45, 7) is 13.0. The molecule has 8 heteroatoms. The highest BCUT2D eigenvalue weighted by Gasteiger charge is 2.28. The molecule has 0 aliphatic heterocycles. The number of Topliss-reactive ketones (excluding diaryl/α,β-unsaturated/α-hetero) is 1. The minimum atomic E-state index is -0.550. The maximum Gasteiger partial charge on any atom is 0.240 e. The zero-order chi connectivity index (χ0) is 29.4. The lowest BCUT2D eigenvalue weighted by atomic mass is 10.0. The smallest absolute Gasteiger partial charge is 0.240 e. The van der Waals surface area contributed by atoms with Gasteiger partial charge in [-0.25, -0.2) is 0 Å². The van der Waals surface area contributed by atoms with E-state index >= 15 is 0 Å². The van der Waals surface area contributed by atoms with Gasteiger partial charge in [0.25, 0.3) is 0 Å². The number of nitrogens with zero attached hydrogens (tertiary/aromatic N) is 2. The van der Waals surface area contributed by atoms with E-state index in [9.17, 15) is 9.59 Å². The molecule has 0 saturated carbocycles. The Kier molecular flexibility index (Phi) is 10.9. The van der Waals surface area contributed by atoms with E-state index in [0.717, 1.165) is 27.8 Å². The third-order valence-electron chi connectivity index (χ3n) is 6.65. The SMILES string of the molecule is CCOC(CN(Cc1cccc2c(C(C)=O)cn(C)c12)C(=O)C(Cc1ccc(OC(C)(C)C)cc1)NC)OCC. The number of ether oxygens (including phenoxy) is 3. The number of nitrogens with one attached hydrogen (secondary N) is 1. The van der Waals surface area contributed by atoms with Gasteiger partial charge in [0.1, 0.15) is 11.4 Å². The van der Waals surface area contributed by atoms with E-state index in [1.165, 1.54) is 0 Å². The van der Waals surface area contributed by atoms with Crippen LogP contribution in [0.1, 0.15) is 63.0 Å². The monoisotopic (exact) mass is 551 g/mol. The minimum Gasteiger partial charge on any atom is -0.488 e. The van der Waals surface area contributed by atoms with Crippen molar-refractivity contribution < 1.29 is 23.8 Å². The van der Waals surface area contributed by atoms with E-state index in [4.69, 9.17) is 14.2 Å². The first-order valence-electron chi connectivity index (χ1n) is 14.0. The number of hydrogen-bond donors (Lipinski definition) is 1. The van der Waals surface area contributed by atoms with Crippen molar-refractivity contribution in [3.63, 3.8) is 0 Å². The highest BCUT2D eigenvalue weighted by molar-refractivity contribution is 6.07. The van der Waals surface area contributed by atoms with Crippen LogP contribution in [0.3, 0.4) is 0 Å². The van der Waals surface area contributed by atoms with Gasteiger partial charge in [0.2, 0.25) is 5.91 Å². The van der Waals surface area contributed by atoms with Gasteiger partial charge in [-0.15, -0.1) is 0 Å². The fourth-order valence-electron chi connectivity index (χ4n) is 4.92. The molecular formula is C32H45N3O5. The maximum atomic E-state index is 14.1. The van der Waals surface area contributed by atoms with Gasteiger partial charge in [0.15, 0.2) is 12.1 Å². The van der Waals surface area contributed by atoms with Crippen LogP contribution in [0.15, 0.2) is 48.7 Å². The third kappa shape index (κ3) is 8.16. The average Bonchev–Trinajstić information content (AvgIpc) is 3.24. The van der Waals surface area contributed by atoms with Crippen LogP contribution in [0, 0.1) is 0 Å². The topological polar surface area (TPSA) is 82.0 Å². The molecule has 0 radical (unpaired) electrons. The Balaban J connectivity index is 1.92. The number of fused-ring (bicyclic) bond motifs is 1. The molecule has 0 aliphatic carbocycles. The molecule has 1 heterocycles. The predicted octanol–water partition coefficient (Wildman–Crippen LogP) is 5.12. The molecule has 0 saturated heterocycles. The Morgan fingerprint density at radius 3 is 2.23 bits per heavy atom. The molecule has 0 spiro atoms. The van der Waals surface area contributed by atoms with Crippen LogP contribution in [0.25, 0.3) is 10.9 Å². The molecule has 1 N–H and O–H groups in total. The number of aryl methyl sites for hydroxylation is 1. The van der Waals surface area contributed by atoms with Crippen LogP contribution >= 0.6 is 0 Å². The molecule has 0 fully saturated rings. The van der Waals surface area contributed by atoms with Gasteiger partial charge < -0.3 is 29.0 Å². The zero-order valence-electron chi connectivity index (χ0n) is 25.2. The number of carbonyl (C=O) groups excluding carboxylic acids is 2. The molecule has 1 aromatic heterocycles. The van der Waals surface area contributed by atoms with Crippen molar-refractivity contribution >= 4 is 22.6 Å². The van der Waals surface area contributed by atoms with Crippen molar-refractivity contribution in [2.75, 3.05) is 26.8 Å². The summed E-state index contributed by atoms with van der Waals surface area (Å²) in [7, 11) is 3.73. The molecule has 3 rings (SSSR count). The minimum absolute atomic E-state index is 0.0117. The van der Waals surface area contributed by atoms with Crippen LogP contribution in [0.4, 0.5) is 0 Å². The van der Waals surface area contributed by atoms with E-state index < -0.39 is 12.3 Å². The molecule has 1 atom stereocenters. The molecule has 1 unspecified atom stereocenters. The fraction of sp³-hybridized carbons (Fsp3) is 0.500. The zero-order valence-corrected chi connectivity index (χ0v) is 25.2. The van der Waals surface area contributed by atoms with Crippen LogP contribution in [0.5, 0.6) is 5.75 Å². The number of ketones is 1. The number of amides is 1. The molecule has 40 heavy (non-hydrogen) atoms. The molecule has 3 aromatic rings. The number of likely N-dealkylation sites (N-methyl/N-ethyl adjacent to an activating group) is 1.